The summed E-state index contributed by atoms with van der Waals surface area (Å²) in [5.41, 5.74) is 3.31. The molecule has 0 fully saturated rings. The maximum absolute atomic E-state index is 12.4. The third-order valence-corrected chi connectivity index (χ3v) is 4.83. The molecule has 1 heterocycles. The molecule has 1 aliphatic heterocycles. The van der Waals surface area contributed by atoms with Crippen LogP contribution in [0.2, 0.25) is 0 Å². The second-order valence-electron chi connectivity index (χ2n) is 6.97. The summed E-state index contributed by atoms with van der Waals surface area (Å²) in [5.74, 6) is -0.641. The van der Waals surface area contributed by atoms with Gasteiger partial charge in [0, 0.05) is 26.6 Å². The molecule has 0 radical (unpaired) electrons. The SMILES string of the molecule is Cc1ccc2c(c1)C(=O)N(CCCC(=O)N(C)Cc1ccc(C#N)cc1)C2=O. The Bertz CT molecular complexity index is 974. The number of amides is 3. The largest absolute Gasteiger partial charge is 0.341 e. The molecule has 0 N–H and O–H groups in total. The van der Waals surface area contributed by atoms with Gasteiger partial charge in [0.15, 0.2) is 0 Å². The summed E-state index contributed by atoms with van der Waals surface area (Å²) in [6, 6.07) is 14.4. The lowest BCUT2D eigenvalue weighted by atomic mass is 10.1. The van der Waals surface area contributed by atoms with Crippen molar-refractivity contribution < 1.29 is 14.4 Å². The first-order valence-electron chi connectivity index (χ1n) is 9.10. The second kappa shape index (κ2) is 8.05. The summed E-state index contributed by atoms with van der Waals surface area (Å²) in [5, 5.41) is 8.83. The van der Waals surface area contributed by atoms with Crippen molar-refractivity contribution in [1.29, 1.82) is 5.26 Å². The molecule has 2 aromatic carbocycles. The molecule has 0 bridgehead atoms. The summed E-state index contributed by atoms with van der Waals surface area (Å²) < 4.78 is 0. The summed E-state index contributed by atoms with van der Waals surface area (Å²) in [4.78, 5) is 40.0. The van der Waals surface area contributed by atoms with Gasteiger partial charge in [0.05, 0.1) is 22.8 Å². The Labute approximate surface area is 164 Å². The smallest absolute Gasteiger partial charge is 0.261 e. The number of imide groups is 1. The highest BCUT2D eigenvalue weighted by atomic mass is 16.2. The van der Waals surface area contributed by atoms with Gasteiger partial charge in [-0.2, -0.15) is 5.26 Å². The van der Waals surface area contributed by atoms with Crippen molar-refractivity contribution in [3.63, 3.8) is 0 Å². The van der Waals surface area contributed by atoms with Crippen LogP contribution in [0.15, 0.2) is 42.5 Å². The molecule has 0 saturated carbocycles. The first kappa shape index (κ1) is 19.3. The minimum Gasteiger partial charge on any atom is -0.341 e. The molecule has 6 heteroatoms. The summed E-state index contributed by atoms with van der Waals surface area (Å²) in [6.07, 6.45) is 0.667. The lowest BCUT2D eigenvalue weighted by Crippen LogP contribution is -2.32. The van der Waals surface area contributed by atoms with E-state index in [1.54, 1.807) is 36.2 Å². The van der Waals surface area contributed by atoms with Crippen molar-refractivity contribution in [1.82, 2.24) is 9.80 Å². The number of carbonyl (C=O) groups is 3. The lowest BCUT2D eigenvalue weighted by molar-refractivity contribution is -0.130. The molecule has 0 spiro atoms. The van der Waals surface area contributed by atoms with E-state index in [0.717, 1.165) is 11.1 Å². The van der Waals surface area contributed by atoms with Gasteiger partial charge in [-0.3, -0.25) is 19.3 Å². The van der Waals surface area contributed by atoms with Crippen molar-refractivity contribution in [2.75, 3.05) is 13.6 Å². The molecule has 0 saturated heterocycles. The number of fused-ring (bicyclic) bond motifs is 1. The van der Waals surface area contributed by atoms with Crippen molar-refractivity contribution in [3.8, 4) is 6.07 Å². The monoisotopic (exact) mass is 375 g/mol. The fraction of sp³-hybridized carbons (Fsp3) is 0.273. The van der Waals surface area contributed by atoms with E-state index >= 15 is 0 Å². The summed E-state index contributed by atoms with van der Waals surface area (Å²) >= 11 is 0. The van der Waals surface area contributed by atoms with Gasteiger partial charge in [0.25, 0.3) is 11.8 Å². The Morgan fingerprint density at radius 2 is 1.75 bits per heavy atom. The van der Waals surface area contributed by atoms with Gasteiger partial charge in [-0.15, -0.1) is 0 Å². The fourth-order valence-electron chi connectivity index (χ4n) is 3.23. The van der Waals surface area contributed by atoms with Crippen LogP contribution >= 0.6 is 0 Å². The maximum atomic E-state index is 12.4. The summed E-state index contributed by atoms with van der Waals surface area (Å²) in [6.45, 7) is 2.54. The van der Waals surface area contributed by atoms with Crippen LogP contribution in [0.1, 0.15) is 50.2 Å². The standard InChI is InChI=1S/C22H21N3O3/c1-15-5-10-18-19(12-15)22(28)25(21(18)27)11-3-4-20(26)24(2)14-17-8-6-16(13-23)7-9-17/h5-10,12H,3-4,11,14H2,1-2H3. The van der Waals surface area contributed by atoms with Crippen LogP contribution in [0.5, 0.6) is 0 Å². The van der Waals surface area contributed by atoms with Crippen molar-refractivity contribution in [2.45, 2.75) is 26.3 Å². The Kier molecular flexibility index (Phi) is 5.55. The van der Waals surface area contributed by atoms with E-state index in [2.05, 4.69) is 6.07 Å². The first-order chi connectivity index (χ1) is 13.4. The molecule has 142 valence electrons. The van der Waals surface area contributed by atoms with Crippen LogP contribution in [0, 0.1) is 18.3 Å². The minimum absolute atomic E-state index is 0.0585. The number of hydrogen-bond acceptors (Lipinski definition) is 4. The van der Waals surface area contributed by atoms with E-state index in [-0.39, 0.29) is 30.7 Å². The van der Waals surface area contributed by atoms with Crippen molar-refractivity contribution in [2.24, 2.45) is 0 Å². The average Bonchev–Trinajstić information content (AvgIpc) is 2.92. The zero-order chi connectivity index (χ0) is 20.3. The Morgan fingerprint density at radius 1 is 1.07 bits per heavy atom. The molecule has 3 amide bonds. The zero-order valence-electron chi connectivity index (χ0n) is 15.9. The van der Waals surface area contributed by atoms with Gasteiger partial charge in [-0.05, 0) is 43.2 Å². The highest BCUT2D eigenvalue weighted by Crippen LogP contribution is 2.24. The fourth-order valence-corrected chi connectivity index (χ4v) is 3.23. The van der Waals surface area contributed by atoms with Crippen LogP contribution in [-0.4, -0.2) is 41.1 Å². The third-order valence-electron chi connectivity index (χ3n) is 4.83. The van der Waals surface area contributed by atoms with Gasteiger partial charge in [-0.25, -0.2) is 0 Å². The molecule has 3 rings (SSSR count). The average molecular weight is 375 g/mol. The van der Waals surface area contributed by atoms with E-state index in [0.29, 0.717) is 29.7 Å². The van der Waals surface area contributed by atoms with Crippen LogP contribution in [0.3, 0.4) is 0 Å². The van der Waals surface area contributed by atoms with E-state index in [1.807, 2.05) is 25.1 Å². The quantitative estimate of drug-likeness (QED) is 0.727. The van der Waals surface area contributed by atoms with Crippen LogP contribution in [0.4, 0.5) is 0 Å². The van der Waals surface area contributed by atoms with Crippen molar-refractivity contribution in [3.05, 3.63) is 70.3 Å². The minimum atomic E-state index is -0.293. The highest BCUT2D eigenvalue weighted by Gasteiger charge is 2.35. The van der Waals surface area contributed by atoms with E-state index < -0.39 is 0 Å². The predicted molar refractivity (Wildman–Crippen MR) is 103 cm³/mol. The van der Waals surface area contributed by atoms with Gasteiger partial charge < -0.3 is 4.90 Å². The molecular formula is C22H21N3O3. The molecule has 2 aromatic rings. The van der Waals surface area contributed by atoms with E-state index in [9.17, 15) is 14.4 Å². The summed E-state index contributed by atoms with van der Waals surface area (Å²) in [7, 11) is 1.71. The maximum Gasteiger partial charge on any atom is 0.261 e. The number of nitrogens with zero attached hydrogens (tertiary/aromatic N) is 3. The Balaban J connectivity index is 1.52. The van der Waals surface area contributed by atoms with Crippen LogP contribution < -0.4 is 0 Å². The molecule has 0 unspecified atom stereocenters. The Hall–Kier alpha value is -3.46. The number of carbonyl (C=O) groups excluding carboxylic acids is 3. The number of nitriles is 1. The third kappa shape index (κ3) is 3.94. The molecule has 28 heavy (non-hydrogen) atoms. The number of hydrogen-bond donors (Lipinski definition) is 0. The van der Waals surface area contributed by atoms with Crippen LogP contribution in [0.25, 0.3) is 0 Å². The molecular weight excluding hydrogens is 354 g/mol. The highest BCUT2D eigenvalue weighted by molar-refractivity contribution is 6.21. The topological polar surface area (TPSA) is 81.5 Å². The van der Waals surface area contributed by atoms with Gasteiger partial charge in [0.1, 0.15) is 0 Å². The number of benzene rings is 2. The molecule has 0 atom stereocenters. The molecule has 0 aliphatic carbocycles. The zero-order valence-corrected chi connectivity index (χ0v) is 15.9. The van der Waals surface area contributed by atoms with Crippen molar-refractivity contribution >= 4 is 17.7 Å². The molecule has 0 aromatic heterocycles. The predicted octanol–water partition coefficient (Wildman–Crippen LogP) is 2.90. The molecule has 6 nitrogen and oxygen atoms in total. The number of rotatable bonds is 6. The first-order valence-corrected chi connectivity index (χ1v) is 9.10. The normalized spacial score (nSPS) is 12.7. The van der Waals surface area contributed by atoms with E-state index in [4.69, 9.17) is 5.26 Å². The second-order valence-corrected chi connectivity index (χ2v) is 6.97. The van der Waals surface area contributed by atoms with E-state index in [1.165, 1.54) is 4.90 Å². The van der Waals surface area contributed by atoms with Gasteiger partial charge in [0.2, 0.25) is 5.91 Å². The lowest BCUT2D eigenvalue weighted by Gasteiger charge is -2.18. The van der Waals surface area contributed by atoms with Gasteiger partial charge in [-0.1, -0.05) is 23.8 Å². The Morgan fingerprint density at radius 3 is 2.43 bits per heavy atom. The van der Waals surface area contributed by atoms with Crippen LogP contribution in [-0.2, 0) is 11.3 Å². The number of aryl methyl sites for hydroxylation is 1. The van der Waals surface area contributed by atoms with Gasteiger partial charge >= 0.3 is 0 Å². The molecule has 1 aliphatic rings.